The molecule has 0 aliphatic carbocycles. The Morgan fingerprint density at radius 2 is 0.836 bits per heavy atom. The fourth-order valence-corrected chi connectivity index (χ4v) is 6.37. The molecule has 0 spiro atoms. The molecule has 0 aromatic rings. The number of carboxylic acids is 3. The first-order valence-electron chi connectivity index (χ1n) is 20.7. The Labute approximate surface area is 351 Å². The standard InChI is InChI=1S/C40H72N4O10.Na.H/c1-3-5-7-9-11-13-15-17-19-24-34(45)42-31(26-28-36(47)48)38(51)44(33(40(53)54)23-21-22-30-41)39(52)32(27-29-37(49)50)43-35(46)25-20-18-16-14-12-10-8-6-4-2;;/h31-33H,3-30,41H2,1-2H3,(H,42,45)(H,43,46)(H,47,48)(H,49,50)(H,53,54);;/t31-,32-,33-;;/m0../s1. The van der Waals surface area contributed by atoms with E-state index in [9.17, 15) is 48.9 Å². The molecule has 55 heavy (non-hydrogen) atoms. The van der Waals surface area contributed by atoms with E-state index in [1.165, 1.54) is 51.4 Å². The molecule has 0 aliphatic rings. The second kappa shape index (κ2) is 35.8. The molecule has 0 bridgehead atoms. The summed E-state index contributed by atoms with van der Waals surface area (Å²) in [6.07, 6.45) is 16.9. The number of hydrogen-bond acceptors (Lipinski definition) is 8. The van der Waals surface area contributed by atoms with E-state index in [-0.39, 0.29) is 61.8 Å². The Morgan fingerprint density at radius 1 is 0.491 bits per heavy atom. The maximum absolute atomic E-state index is 14.2. The minimum absolute atomic E-state index is 0. The van der Waals surface area contributed by atoms with Crippen LogP contribution < -0.4 is 16.4 Å². The van der Waals surface area contributed by atoms with Crippen LogP contribution >= 0.6 is 0 Å². The number of unbranched alkanes of at least 4 members (excludes halogenated alkanes) is 17. The molecule has 0 fully saturated rings. The van der Waals surface area contributed by atoms with Crippen molar-refractivity contribution >= 4 is 71.1 Å². The molecule has 0 saturated carbocycles. The molecular weight excluding hydrogens is 719 g/mol. The van der Waals surface area contributed by atoms with E-state index in [0.29, 0.717) is 24.2 Å². The zero-order valence-electron chi connectivity index (χ0n) is 33.3. The summed E-state index contributed by atoms with van der Waals surface area (Å²) in [6.45, 7) is 4.54. The number of nitrogens with one attached hydrogen (secondary N) is 2. The van der Waals surface area contributed by atoms with Crippen LogP contribution in [0.1, 0.15) is 187 Å². The van der Waals surface area contributed by atoms with Gasteiger partial charge in [-0.2, -0.15) is 0 Å². The number of amides is 4. The Morgan fingerprint density at radius 3 is 1.15 bits per heavy atom. The predicted molar refractivity (Wildman–Crippen MR) is 215 cm³/mol. The molecule has 3 atom stereocenters. The van der Waals surface area contributed by atoms with Crippen molar-refractivity contribution in [2.24, 2.45) is 5.73 Å². The molecule has 0 heterocycles. The van der Waals surface area contributed by atoms with E-state index >= 15 is 0 Å². The second-order valence-electron chi connectivity index (χ2n) is 14.4. The summed E-state index contributed by atoms with van der Waals surface area (Å²) in [6, 6.07) is -4.84. The summed E-state index contributed by atoms with van der Waals surface area (Å²) in [7, 11) is 0. The fraction of sp³-hybridized carbons (Fsp3) is 0.825. The Hall–Kier alpha value is -2.55. The molecule has 0 saturated heterocycles. The van der Waals surface area contributed by atoms with Crippen LogP contribution in [0, 0.1) is 0 Å². The van der Waals surface area contributed by atoms with Gasteiger partial charge in [-0.05, 0) is 51.5 Å². The summed E-state index contributed by atoms with van der Waals surface area (Å²) < 4.78 is 0. The average Bonchev–Trinajstić information content (AvgIpc) is 3.12. The van der Waals surface area contributed by atoms with Gasteiger partial charge in [-0.3, -0.25) is 33.7 Å². The molecule has 0 unspecified atom stereocenters. The third-order valence-corrected chi connectivity index (χ3v) is 9.58. The summed E-state index contributed by atoms with van der Waals surface area (Å²) in [4.78, 5) is 90.7. The van der Waals surface area contributed by atoms with Crippen molar-refractivity contribution in [3.05, 3.63) is 0 Å². The van der Waals surface area contributed by atoms with Gasteiger partial charge >= 0.3 is 47.5 Å². The van der Waals surface area contributed by atoms with Crippen LogP contribution in [0.3, 0.4) is 0 Å². The molecule has 15 heteroatoms. The van der Waals surface area contributed by atoms with Crippen molar-refractivity contribution in [2.45, 2.75) is 205 Å². The van der Waals surface area contributed by atoms with Crippen molar-refractivity contribution in [2.75, 3.05) is 6.54 Å². The molecular formula is C40H73N4NaO10. The summed E-state index contributed by atoms with van der Waals surface area (Å²) in [5.41, 5.74) is 5.61. The zero-order chi connectivity index (χ0) is 40.6. The minimum atomic E-state index is -1.74. The van der Waals surface area contributed by atoms with Crippen LogP contribution in [0.2, 0.25) is 0 Å². The molecule has 314 valence electrons. The zero-order valence-corrected chi connectivity index (χ0v) is 33.3. The first-order valence-corrected chi connectivity index (χ1v) is 20.7. The van der Waals surface area contributed by atoms with Gasteiger partial charge in [0.05, 0.1) is 0 Å². The van der Waals surface area contributed by atoms with Crippen LogP contribution in [0.5, 0.6) is 0 Å². The number of nitrogens with two attached hydrogens (primary N) is 1. The molecule has 0 aliphatic heterocycles. The van der Waals surface area contributed by atoms with Gasteiger partial charge in [0.1, 0.15) is 18.1 Å². The topological polar surface area (TPSA) is 233 Å². The van der Waals surface area contributed by atoms with Crippen LogP contribution in [0.25, 0.3) is 0 Å². The molecule has 0 radical (unpaired) electrons. The van der Waals surface area contributed by atoms with Gasteiger partial charge in [0.15, 0.2) is 0 Å². The van der Waals surface area contributed by atoms with E-state index in [2.05, 4.69) is 24.5 Å². The van der Waals surface area contributed by atoms with Crippen molar-refractivity contribution in [1.82, 2.24) is 15.5 Å². The number of carboxylic acid groups (broad SMARTS) is 3. The summed E-state index contributed by atoms with van der Waals surface area (Å²) >= 11 is 0. The number of nitrogens with zero attached hydrogens (tertiary/aromatic N) is 1. The summed E-state index contributed by atoms with van der Waals surface area (Å²) in [5, 5.41) is 34.2. The van der Waals surface area contributed by atoms with Gasteiger partial charge in [0.2, 0.25) is 11.8 Å². The van der Waals surface area contributed by atoms with Gasteiger partial charge in [-0.25, -0.2) is 4.79 Å². The maximum atomic E-state index is 14.2. The summed E-state index contributed by atoms with van der Waals surface area (Å²) in [5.74, 6) is -7.39. The van der Waals surface area contributed by atoms with Crippen molar-refractivity contribution in [1.29, 1.82) is 0 Å². The van der Waals surface area contributed by atoms with Crippen molar-refractivity contribution in [3.8, 4) is 0 Å². The molecule has 0 aromatic heterocycles. The van der Waals surface area contributed by atoms with E-state index in [1.54, 1.807) is 0 Å². The molecule has 0 aromatic carbocycles. The van der Waals surface area contributed by atoms with Crippen LogP contribution in [0.4, 0.5) is 0 Å². The fourth-order valence-electron chi connectivity index (χ4n) is 6.37. The molecule has 4 amide bonds. The van der Waals surface area contributed by atoms with Gasteiger partial charge < -0.3 is 31.7 Å². The first kappa shape index (κ1) is 54.5. The molecule has 7 N–H and O–H groups in total. The third-order valence-electron chi connectivity index (χ3n) is 9.58. The number of imide groups is 1. The Kier molecular flexibility index (Phi) is 35.5. The van der Waals surface area contributed by atoms with Gasteiger partial charge in [-0.15, -0.1) is 0 Å². The SMILES string of the molecule is CCCCCCCCCCCC(=O)N[C@@H](CCC(=O)O)C(=O)N(C(=O)[C@H](CCC(=O)O)NC(=O)CCCCCCCCCCC)[C@@H](CCCCN)C(=O)O.[NaH]. The second-order valence-corrected chi connectivity index (χ2v) is 14.4. The van der Waals surface area contributed by atoms with Crippen molar-refractivity contribution < 1.29 is 48.9 Å². The third kappa shape index (κ3) is 28.5. The predicted octanol–water partition coefficient (Wildman–Crippen LogP) is 5.82. The van der Waals surface area contributed by atoms with E-state index in [4.69, 9.17) is 5.73 Å². The molecule has 14 nitrogen and oxygen atoms in total. The number of rotatable bonds is 36. The quantitative estimate of drug-likeness (QED) is 0.0327. The normalized spacial score (nSPS) is 12.5. The Balaban J connectivity index is 0. The van der Waals surface area contributed by atoms with E-state index in [0.717, 1.165) is 51.4 Å². The first-order chi connectivity index (χ1) is 25.9. The molecule has 0 rings (SSSR count). The van der Waals surface area contributed by atoms with Crippen LogP contribution in [-0.2, 0) is 33.6 Å². The van der Waals surface area contributed by atoms with E-state index in [1.807, 2.05) is 0 Å². The average molecular weight is 793 g/mol. The number of hydrogen-bond donors (Lipinski definition) is 6. The van der Waals surface area contributed by atoms with E-state index < -0.39 is 85.3 Å². The van der Waals surface area contributed by atoms with Crippen LogP contribution in [0.15, 0.2) is 0 Å². The number of aliphatic carboxylic acids is 3. The van der Waals surface area contributed by atoms with Gasteiger partial charge in [-0.1, -0.05) is 117 Å². The monoisotopic (exact) mass is 793 g/mol. The van der Waals surface area contributed by atoms with Gasteiger partial charge in [0.25, 0.3) is 11.8 Å². The Bertz CT molecular complexity index is 1040. The number of carbonyl (C=O) groups is 7. The van der Waals surface area contributed by atoms with Crippen LogP contribution in [-0.4, -0.2) is 116 Å². The van der Waals surface area contributed by atoms with Crippen molar-refractivity contribution in [3.63, 3.8) is 0 Å². The van der Waals surface area contributed by atoms with Gasteiger partial charge in [0, 0.05) is 25.7 Å². The number of carbonyl (C=O) groups excluding carboxylic acids is 4.